The zero-order valence-corrected chi connectivity index (χ0v) is 24.7. The molecule has 0 bridgehead atoms. The number of anilines is 2. The molecular formula is C34H27N5O4S. The van der Waals surface area contributed by atoms with Crippen molar-refractivity contribution in [1.82, 2.24) is 9.55 Å². The molecule has 44 heavy (non-hydrogen) atoms. The van der Waals surface area contributed by atoms with Crippen molar-refractivity contribution in [1.29, 1.82) is 0 Å². The van der Waals surface area contributed by atoms with Crippen molar-refractivity contribution in [2.45, 2.75) is 12.2 Å². The van der Waals surface area contributed by atoms with Gasteiger partial charge in [0.15, 0.2) is 5.17 Å². The Morgan fingerprint density at radius 2 is 1.70 bits per heavy atom. The van der Waals surface area contributed by atoms with Crippen molar-refractivity contribution in [3.63, 3.8) is 0 Å². The fourth-order valence-corrected chi connectivity index (χ4v) is 5.76. The largest absolute Gasteiger partial charge is 0.478 e. The second kappa shape index (κ2) is 12.0. The van der Waals surface area contributed by atoms with Crippen LogP contribution in [0.1, 0.15) is 22.8 Å². The standard InChI is InChI=1S/C34H27N5O4S/c1-21(44-34-37-30(18-22-16-17-38(2)20-22)32(41)39(34)25-8-4-3-5-9-25)31(40)35-24-14-12-23(13-15-24)29-19-27(33(42)43)26-10-6-7-11-28(26)36-29/h3-21H,1-2H3,(H,35,40)(H,42,43)/b30-18-. The van der Waals surface area contributed by atoms with Crippen LogP contribution in [-0.2, 0) is 16.6 Å². The highest BCUT2D eigenvalue weighted by atomic mass is 32.2. The molecule has 9 nitrogen and oxygen atoms in total. The predicted octanol–water partition coefficient (Wildman–Crippen LogP) is 6.44. The van der Waals surface area contributed by atoms with Crippen LogP contribution in [0.5, 0.6) is 0 Å². The van der Waals surface area contributed by atoms with E-state index < -0.39 is 11.2 Å². The second-order valence-corrected chi connectivity index (χ2v) is 11.5. The Hall–Kier alpha value is -5.48. The SMILES string of the molecule is CC(SC1=N/C(=C\c2ccn(C)c2)C(=O)N1c1ccccc1)C(=O)Nc1ccc(-c2cc(C(=O)O)c3ccccc3n2)cc1. The molecule has 1 unspecified atom stereocenters. The molecule has 218 valence electrons. The number of carbonyl (C=O) groups excluding carboxylic acids is 2. The molecule has 3 heterocycles. The summed E-state index contributed by atoms with van der Waals surface area (Å²) in [5, 5.41) is 13.0. The molecule has 0 saturated heterocycles. The number of amidine groups is 1. The van der Waals surface area contributed by atoms with Crippen molar-refractivity contribution < 1.29 is 19.5 Å². The number of aliphatic imine (C=N–C) groups is 1. The number of thioether (sulfide) groups is 1. The van der Waals surface area contributed by atoms with Crippen molar-refractivity contribution in [3.05, 3.63) is 120 Å². The van der Waals surface area contributed by atoms with E-state index in [4.69, 9.17) is 0 Å². The monoisotopic (exact) mass is 601 g/mol. The Morgan fingerprint density at radius 1 is 0.977 bits per heavy atom. The minimum atomic E-state index is -1.03. The first-order chi connectivity index (χ1) is 21.3. The van der Waals surface area contributed by atoms with E-state index in [1.54, 1.807) is 61.5 Å². The van der Waals surface area contributed by atoms with Crippen LogP contribution in [0.2, 0.25) is 0 Å². The summed E-state index contributed by atoms with van der Waals surface area (Å²) >= 11 is 1.20. The molecule has 1 atom stereocenters. The number of para-hydroxylation sites is 2. The minimum absolute atomic E-state index is 0.174. The number of benzene rings is 3. The van der Waals surface area contributed by atoms with Crippen LogP contribution in [0.15, 0.2) is 114 Å². The first kappa shape index (κ1) is 28.6. The van der Waals surface area contributed by atoms with E-state index in [9.17, 15) is 19.5 Å². The quantitative estimate of drug-likeness (QED) is 0.207. The maximum atomic E-state index is 13.4. The van der Waals surface area contributed by atoms with Crippen LogP contribution >= 0.6 is 11.8 Å². The normalized spacial score (nSPS) is 14.6. The van der Waals surface area contributed by atoms with Gasteiger partial charge in [0.2, 0.25) is 5.91 Å². The Morgan fingerprint density at radius 3 is 2.41 bits per heavy atom. The second-order valence-electron chi connectivity index (χ2n) is 10.2. The van der Waals surface area contributed by atoms with Crippen LogP contribution < -0.4 is 10.2 Å². The molecule has 0 fully saturated rings. The van der Waals surface area contributed by atoms with Crippen molar-refractivity contribution in [3.8, 4) is 11.3 Å². The van der Waals surface area contributed by atoms with Gasteiger partial charge in [0.25, 0.3) is 5.91 Å². The van der Waals surface area contributed by atoms with Crippen LogP contribution in [0.4, 0.5) is 11.4 Å². The van der Waals surface area contributed by atoms with Gasteiger partial charge in [-0.1, -0.05) is 60.3 Å². The summed E-state index contributed by atoms with van der Waals surface area (Å²) in [4.78, 5) is 49.3. The average molecular weight is 602 g/mol. The average Bonchev–Trinajstić information content (AvgIpc) is 3.58. The highest BCUT2D eigenvalue weighted by Crippen LogP contribution is 2.32. The Balaban J connectivity index is 1.20. The number of nitrogens with zero attached hydrogens (tertiary/aromatic N) is 4. The fourth-order valence-electron chi connectivity index (χ4n) is 4.83. The molecule has 2 N–H and O–H groups in total. The highest BCUT2D eigenvalue weighted by Gasteiger charge is 2.34. The molecular weight excluding hydrogens is 574 g/mol. The number of hydrogen-bond donors (Lipinski definition) is 2. The van der Waals surface area contributed by atoms with Crippen LogP contribution in [-0.4, -0.2) is 42.9 Å². The number of aryl methyl sites for hydroxylation is 1. The van der Waals surface area contributed by atoms with E-state index in [1.807, 2.05) is 66.5 Å². The van der Waals surface area contributed by atoms with E-state index >= 15 is 0 Å². The van der Waals surface area contributed by atoms with Crippen molar-refractivity contribution >= 4 is 63.1 Å². The summed E-state index contributed by atoms with van der Waals surface area (Å²) in [6, 6.07) is 26.8. The number of amides is 2. The summed E-state index contributed by atoms with van der Waals surface area (Å²) < 4.78 is 1.89. The third-order valence-electron chi connectivity index (χ3n) is 7.05. The van der Waals surface area contributed by atoms with Gasteiger partial charge in [0, 0.05) is 36.1 Å². The predicted molar refractivity (Wildman–Crippen MR) is 175 cm³/mol. The van der Waals surface area contributed by atoms with E-state index in [2.05, 4.69) is 15.3 Å². The number of carbonyl (C=O) groups is 3. The van der Waals surface area contributed by atoms with Gasteiger partial charge in [0.1, 0.15) is 5.70 Å². The van der Waals surface area contributed by atoms with Gasteiger partial charge in [-0.15, -0.1) is 0 Å². The first-order valence-corrected chi connectivity index (χ1v) is 14.7. The number of fused-ring (bicyclic) bond motifs is 1. The van der Waals surface area contributed by atoms with Gasteiger partial charge in [-0.2, -0.15) is 0 Å². The molecule has 6 rings (SSSR count). The smallest absolute Gasteiger partial charge is 0.336 e. The lowest BCUT2D eigenvalue weighted by molar-refractivity contribution is -0.115. The number of carboxylic acids is 1. The van der Waals surface area contributed by atoms with E-state index in [0.29, 0.717) is 44.4 Å². The fraction of sp³-hybridized carbons (Fsp3) is 0.0882. The van der Waals surface area contributed by atoms with Crippen LogP contribution in [0.25, 0.3) is 28.2 Å². The lowest BCUT2D eigenvalue weighted by Crippen LogP contribution is -2.33. The minimum Gasteiger partial charge on any atom is -0.478 e. The molecule has 0 spiro atoms. The van der Waals surface area contributed by atoms with Gasteiger partial charge < -0.3 is 15.0 Å². The maximum absolute atomic E-state index is 13.4. The van der Waals surface area contributed by atoms with Gasteiger partial charge in [0.05, 0.1) is 27.7 Å². The third kappa shape index (κ3) is 5.88. The topological polar surface area (TPSA) is 117 Å². The summed E-state index contributed by atoms with van der Waals surface area (Å²) in [5.74, 6) is -1.55. The molecule has 0 aliphatic carbocycles. The maximum Gasteiger partial charge on any atom is 0.336 e. The molecule has 10 heteroatoms. The lowest BCUT2D eigenvalue weighted by atomic mass is 10.0. The molecule has 3 aromatic carbocycles. The van der Waals surface area contributed by atoms with E-state index in [1.165, 1.54) is 16.7 Å². The Bertz CT molecular complexity index is 1970. The number of pyridine rings is 1. The molecule has 1 aliphatic heterocycles. The highest BCUT2D eigenvalue weighted by molar-refractivity contribution is 8.15. The molecule has 2 amide bonds. The summed E-state index contributed by atoms with van der Waals surface area (Å²) in [5.41, 5.74) is 4.38. The number of carboxylic acid groups (broad SMARTS) is 1. The molecule has 5 aromatic rings. The molecule has 2 aromatic heterocycles. The molecule has 0 saturated carbocycles. The van der Waals surface area contributed by atoms with Gasteiger partial charge in [-0.05, 0) is 61.0 Å². The number of aromatic carboxylic acids is 1. The van der Waals surface area contributed by atoms with Crippen molar-refractivity contribution in [2.75, 3.05) is 10.2 Å². The first-order valence-electron chi connectivity index (χ1n) is 13.8. The van der Waals surface area contributed by atoms with Crippen LogP contribution in [0.3, 0.4) is 0 Å². The number of hydrogen-bond acceptors (Lipinski definition) is 6. The van der Waals surface area contributed by atoms with Gasteiger partial charge >= 0.3 is 5.97 Å². The van der Waals surface area contributed by atoms with E-state index in [0.717, 1.165) is 5.56 Å². The van der Waals surface area contributed by atoms with Crippen LogP contribution in [0, 0.1) is 0 Å². The number of rotatable bonds is 7. The van der Waals surface area contributed by atoms with Gasteiger partial charge in [-0.3, -0.25) is 14.5 Å². The number of aromatic nitrogens is 2. The Kier molecular flexibility index (Phi) is 7.82. The van der Waals surface area contributed by atoms with Gasteiger partial charge in [-0.25, -0.2) is 14.8 Å². The molecule has 0 radical (unpaired) electrons. The number of nitrogens with one attached hydrogen (secondary N) is 1. The lowest BCUT2D eigenvalue weighted by Gasteiger charge is -2.20. The zero-order chi connectivity index (χ0) is 30.8. The summed E-state index contributed by atoms with van der Waals surface area (Å²) in [6.45, 7) is 1.76. The summed E-state index contributed by atoms with van der Waals surface area (Å²) in [6.07, 6.45) is 5.53. The van der Waals surface area contributed by atoms with Crippen molar-refractivity contribution in [2.24, 2.45) is 12.0 Å². The zero-order valence-electron chi connectivity index (χ0n) is 23.8. The third-order valence-corrected chi connectivity index (χ3v) is 8.10. The Labute approximate surface area is 257 Å². The molecule has 1 aliphatic rings. The summed E-state index contributed by atoms with van der Waals surface area (Å²) in [7, 11) is 1.91. The van der Waals surface area contributed by atoms with E-state index in [-0.39, 0.29) is 17.4 Å².